The lowest BCUT2D eigenvalue weighted by Gasteiger charge is -2.28. The molecule has 0 aliphatic carbocycles. The number of aliphatic hydroxyl groups is 1. The van der Waals surface area contributed by atoms with Gasteiger partial charge in [0.05, 0.1) is 11.3 Å². The Morgan fingerprint density at radius 1 is 1.09 bits per heavy atom. The van der Waals surface area contributed by atoms with Crippen molar-refractivity contribution in [3.8, 4) is 5.75 Å². The molecule has 190 valence electrons. The zero-order valence-corrected chi connectivity index (χ0v) is 20.6. The summed E-state index contributed by atoms with van der Waals surface area (Å²) < 4.78 is 49.9. The third kappa shape index (κ3) is 9.05. The zero-order chi connectivity index (χ0) is 24.8. The first kappa shape index (κ1) is 28.4. The molecular weight excluding hydrogens is 481 g/mol. The van der Waals surface area contributed by atoms with Gasteiger partial charge in [-0.3, -0.25) is 0 Å². The summed E-state index contributed by atoms with van der Waals surface area (Å²) in [6, 6.07) is 14.5. The van der Waals surface area contributed by atoms with E-state index < -0.39 is 23.4 Å². The molecule has 2 N–H and O–H groups in total. The molecule has 0 saturated carbocycles. The molecule has 3 rings (SSSR count). The molecule has 0 saturated heterocycles. The topological polar surface area (TPSA) is 67.5 Å². The highest BCUT2D eigenvalue weighted by Gasteiger charge is 2.31. The van der Waals surface area contributed by atoms with Crippen LogP contribution in [0.5, 0.6) is 5.75 Å². The van der Waals surface area contributed by atoms with Crippen LogP contribution in [0.15, 0.2) is 59.1 Å². The number of hydrogen-bond acceptors (Lipinski definition) is 5. The van der Waals surface area contributed by atoms with Crippen LogP contribution in [-0.2, 0) is 12.6 Å². The third-order valence-electron chi connectivity index (χ3n) is 5.14. The number of ether oxygens (including phenoxy) is 1. The molecule has 0 radical (unpaired) electrons. The van der Waals surface area contributed by atoms with Crippen molar-refractivity contribution < 1.29 is 27.5 Å². The molecule has 9 heteroatoms. The molecule has 1 atom stereocenters. The monoisotopic (exact) mass is 510 g/mol. The highest BCUT2D eigenvalue weighted by molar-refractivity contribution is 5.85. The minimum Gasteiger partial charge on any atom is -0.490 e. The van der Waals surface area contributed by atoms with Crippen molar-refractivity contribution >= 4 is 24.6 Å². The summed E-state index contributed by atoms with van der Waals surface area (Å²) in [5.41, 5.74) is 0.986. The number of aryl methyl sites for hydroxylation is 1. The quantitative estimate of drug-likeness (QED) is 0.353. The van der Waals surface area contributed by atoms with Crippen molar-refractivity contribution in [2.75, 3.05) is 13.2 Å². The van der Waals surface area contributed by atoms with Crippen molar-refractivity contribution in [2.45, 2.75) is 45.0 Å². The standard InChI is InChI=1S/C26H29F3N2O3.ClH/c1-18-13-23(34-31-18)12-11-20-8-4-5-10-24(20)33-17-22(32)16-30-25(2,3)15-19-7-6-9-21(14-19)26(27,28)29;/h4-14,22,30,32H,15-17H2,1-3H3;1H/b12-11-;. The lowest BCUT2D eigenvalue weighted by molar-refractivity contribution is -0.137. The summed E-state index contributed by atoms with van der Waals surface area (Å²) in [4.78, 5) is 0. The lowest BCUT2D eigenvalue weighted by atomic mass is 9.93. The minimum absolute atomic E-state index is 0. The van der Waals surface area contributed by atoms with Crippen molar-refractivity contribution in [1.82, 2.24) is 10.5 Å². The Morgan fingerprint density at radius 2 is 1.83 bits per heavy atom. The van der Waals surface area contributed by atoms with Crippen LogP contribution in [0.25, 0.3) is 12.2 Å². The number of nitrogens with zero attached hydrogens (tertiary/aromatic N) is 1. The average Bonchev–Trinajstić information content (AvgIpc) is 3.20. The van der Waals surface area contributed by atoms with Gasteiger partial charge in [0.15, 0.2) is 5.76 Å². The largest absolute Gasteiger partial charge is 0.490 e. The average molecular weight is 511 g/mol. The van der Waals surface area contributed by atoms with Crippen molar-refractivity contribution in [3.63, 3.8) is 0 Å². The Labute approximate surface area is 209 Å². The summed E-state index contributed by atoms with van der Waals surface area (Å²) in [6.07, 6.45) is -1.18. The smallest absolute Gasteiger partial charge is 0.416 e. The molecule has 35 heavy (non-hydrogen) atoms. The van der Waals surface area contributed by atoms with Crippen LogP contribution in [0.4, 0.5) is 13.2 Å². The summed E-state index contributed by atoms with van der Waals surface area (Å²) in [5, 5.41) is 17.5. The number of aromatic nitrogens is 1. The maximum Gasteiger partial charge on any atom is 0.416 e. The van der Waals surface area contributed by atoms with Gasteiger partial charge in [-0.15, -0.1) is 12.4 Å². The molecule has 1 heterocycles. The molecule has 2 aromatic carbocycles. The Balaban J connectivity index is 0.00000432. The number of benzene rings is 2. The van der Waals surface area contributed by atoms with Crippen LogP contribution in [-0.4, -0.2) is 35.1 Å². The first-order valence-corrected chi connectivity index (χ1v) is 10.9. The molecule has 0 bridgehead atoms. The number of alkyl halides is 3. The Morgan fingerprint density at radius 3 is 2.51 bits per heavy atom. The lowest BCUT2D eigenvalue weighted by Crippen LogP contribution is -2.46. The fraction of sp³-hybridized carbons (Fsp3) is 0.346. The summed E-state index contributed by atoms with van der Waals surface area (Å²) >= 11 is 0. The van der Waals surface area contributed by atoms with Gasteiger partial charge < -0.3 is 19.7 Å². The molecule has 0 aliphatic heterocycles. The van der Waals surface area contributed by atoms with Gasteiger partial charge in [0, 0.05) is 23.7 Å². The second kappa shape index (κ2) is 12.2. The van der Waals surface area contributed by atoms with Crippen LogP contribution >= 0.6 is 12.4 Å². The van der Waals surface area contributed by atoms with Crippen LogP contribution < -0.4 is 10.1 Å². The summed E-state index contributed by atoms with van der Waals surface area (Å²) in [7, 11) is 0. The van der Waals surface area contributed by atoms with E-state index in [1.165, 1.54) is 6.07 Å². The summed E-state index contributed by atoms with van der Waals surface area (Å²) in [5.74, 6) is 1.23. The maximum absolute atomic E-state index is 13.0. The minimum atomic E-state index is -4.37. The van der Waals surface area contributed by atoms with Crippen LogP contribution in [0.3, 0.4) is 0 Å². The van der Waals surface area contributed by atoms with Gasteiger partial charge in [0.1, 0.15) is 18.5 Å². The van der Waals surface area contributed by atoms with E-state index in [-0.39, 0.29) is 25.6 Å². The second-order valence-electron chi connectivity index (χ2n) is 8.85. The number of hydrogen-bond donors (Lipinski definition) is 2. The SMILES string of the molecule is Cc1cc(/C=C\c2ccccc2OCC(O)CNC(C)(C)Cc2cccc(C(F)(F)F)c2)on1.Cl. The number of rotatable bonds is 10. The molecule has 0 fully saturated rings. The molecule has 0 spiro atoms. The molecule has 0 amide bonds. The highest BCUT2D eigenvalue weighted by Crippen LogP contribution is 2.30. The Hall–Kier alpha value is -2.81. The Bertz CT molecular complexity index is 1110. The predicted molar refractivity (Wildman–Crippen MR) is 133 cm³/mol. The fourth-order valence-corrected chi connectivity index (χ4v) is 3.45. The first-order chi connectivity index (χ1) is 16.0. The van der Waals surface area contributed by atoms with Gasteiger partial charge in [0.2, 0.25) is 0 Å². The van der Waals surface area contributed by atoms with Crippen LogP contribution in [0.2, 0.25) is 0 Å². The maximum atomic E-state index is 13.0. The van der Waals surface area contributed by atoms with E-state index in [2.05, 4.69) is 10.5 Å². The fourth-order valence-electron chi connectivity index (χ4n) is 3.45. The van der Waals surface area contributed by atoms with Crippen molar-refractivity contribution in [1.29, 1.82) is 0 Å². The number of aliphatic hydroxyl groups excluding tert-OH is 1. The van der Waals surface area contributed by atoms with Crippen LogP contribution in [0.1, 0.15) is 42.0 Å². The molecule has 0 aliphatic rings. The van der Waals surface area contributed by atoms with Gasteiger partial charge in [-0.2, -0.15) is 13.2 Å². The normalized spacial score (nSPS) is 13.0. The molecular formula is C26H30ClF3N2O3. The zero-order valence-electron chi connectivity index (χ0n) is 19.8. The summed E-state index contributed by atoms with van der Waals surface area (Å²) in [6.45, 7) is 5.88. The van der Waals surface area contributed by atoms with E-state index in [9.17, 15) is 18.3 Å². The van der Waals surface area contributed by atoms with Crippen LogP contribution in [0, 0.1) is 6.92 Å². The van der Waals surface area contributed by atoms with Gasteiger partial charge in [-0.05, 0) is 57.0 Å². The Kier molecular flexibility index (Phi) is 9.94. The van der Waals surface area contributed by atoms with E-state index in [1.54, 1.807) is 12.1 Å². The number of nitrogens with one attached hydrogen (secondary N) is 1. The first-order valence-electron chi connectivity index (χ1n) is 10.9. The van der Waals surface area contributed by atoms with E-state index >= 15 is 0 Å². The molecule has 1 aromatic heterocycles. The number of β-amino-alcohol motifs (C(OH)–C–C–N with tert-alkyl or cyclic N) is 1. The molecule has 5 nitrogen and oxygen atoms in total. The van der Waals surface area contributed by atoms with E-state index in [0.29, 0.717) is 23.5 Å². The van der Waals surface area contributed by atoms with Crippen molar-refractivity contribution in [3.05, 3.63) is 82.7 Å². The van der Waals surface area contributed by atoms with E-state index in [0.717, 1.165) is 23.4 Å². The van der Waals surface area contributed by atoms with Gasteiger partial charge in [-0.25, -0.2) is 0 Å². The highest BCUT2D eigenvalue weighted by atomic mass is 35.5. The van der Waals surface area contributed by atoms with Crippen molar-refractivity contribution in [2.24, 2.45) is 0 Å². The molecule has 3 aromatic rings. The molecule has 1 unspecified atom stereocenters. The van der Waals surface area contributed by atoms with E-state index in [4.69, 9.17) is 9.26 Å². The van der Waals surface area contributed by atoms with Gasteiger partial charge in [-0.1, -0.05) is 41.6 Å². The second-order valence-corrected chi connectivity index (χ2v) is 8.85. The van der Waals surface area contributed by atoms with Gasteiger partial charge >= 0.3 is 6.18 Å². The van der Waals surface area contributed by atoms with Gasteiger partial charge in [0.25, 0.3) is 0 Å². The number of para-hydroxylation sites is 1. The third-order valence-corrected chi connectivity index (χ3v) is 5.14. The predicted octanol–water partition coefficient (Wildman–Crippen LogP) is 5.94. The van der Waals surface area contributed by atoms with E-state index in [1.807, 2.05) is 57.2 Å². The number of halogens is 4.